The summed E-state index contributed by atoms with van der Waals surface area (Å²) in [7, 11) is 1.64. The first-order chi connectivity index (χ1) is 10.3. The van der Waals surface area contributed by atoms with Gasteiger partial charge in [-0.05, 0) is 37.9 Å². The second-order valence-electron chi connectivity index (χ2n) is 6.07. The first-order valence-corrected chi connectivity index (χ1v) is 8.00. The zero-order valence-corrected chi connectivity index (χ0v) is 12.9. The molecule has 2 N–H and O–H groups in total. The number of rotatable bonds is 5. The number of nitrogens with two attached hydrogens (primary N) is 1. The molecule has 3 rings (SSSR count). The van der Waals surface area contributed by atoms with Gasteiger partial charge < -0.3 is 10.5 Å². The summed E-state index contributed by atoms with van der Waals surface area (Å²) >= 11 is 0. The van der Waals surface area contributed by atoms with Crippen molar-refractivity contribution in [2.24, 2.45) is 5.73 Å². The molecule has 116 valence electrons. The minimum Gasteiger partial charge on any atom is -0.481 e. The van der Waals surface area contributed by atoms with E-state index in [0.29, 0.717) is 18.5 Å². The summed E-state index contributed by atoms with van der Waals surface area (Å²) in [6, 6.07) is 5.00. The molecule has 2 fully saturated rings. The Hall–Kier alpha value is -1.17. The highest BCUT2D eigenvalue weighted by Crippen LogP contribution is 2.28. The molecular weight excluding hydrogens is 264 g/mol. The number of methoxy groups -OCH3 is 1. The smallest absolute Gasteiger partial charge is 0.212 e. The van der Waals surface area contributed by atoms with Gasteiger partial charge in [0.1, 0.15) is 0 Å². The second-order valence-corrected chi connectivity index (χ2v) is 6.07. The van der Waals surface area contributed by atoms with Gasteiger partial charge in [-0.2, -0.15) is 0 Å². The van der Waals surface area contributed by atoms with Gasteiger partial charge in [0, 0.05) is 44.0 Å². The van der Waals surface area contributed by atoms with E-state index in [0.717, 1.165) is 13.1 Å². The Morgan fingerprint density at radius 1 is 1.33 bits per heavy atom. The van der Waals surface area contributed by atoms with Crippen LogP contribution >= 0.6 is 0 Å². The molecule has 0 saturated carbocycles. The molecule has 2 atom stereocenters. The number of hydrogen-bond donors (Lipinski definition) is 1. The highest BCUT2D eigenvalue weighted by atomic mass is 16.5. The SMILES string of the molecule is COc1ccc(C(CN)N2CCC(N3CCCC3)C2)cn1. The van der Waals surface area contributed by atoms with Gasteiger partial charge in [0.05, 0.1) is 7.11 Å². The van der Waals surface area contributed by atoms with Crippen LogP contribution in [0.25, 0.3) is 0 Å². The van der Waals surface area contributed by atoms with Gasteiger partial charge in [-0.1, -0.05) is 6.07 Å². The van der Waals surface area contributed by atoms with E-state index < -0.39 is 0 Å². The van der Waals surface area contributed by atoms with E-state index >= 15 is 0 Å². The third-order valence-corrected chi connectivity index (χ3v) is 4.87. The molecule has 0 aliphatic carbocycles. The normalized spacial score (nSPS) is 25.3. The molecule has 2 aliphatic rings. The Balaban J connectivity index is 1.65. The van der Waals surface area contributed by atoms with Crippen molar-refractivity contribution in [1.82, 2.24) is 14.8 Å². The molecule has 0 amide bonds. The predicted octanol–water partition coefficient (Wildman–Crippen LogP) is 1.26. The van der Waals surface area contributed by atoms with Gasteiger partial charge in [0.25, 0.3) is 0 Å². The van der Waals surface area contributed by atoms with Crippen LogP contribution in [-0.2, 0) is 0 Å². The minimum atomic E-state index is 0.274. The topological polar surface area (TPSA) is 54.6 Å². The van der Waals surface area contributed by atoms with E-state index in [1.807, 2.05) is 12.3 Å². The van der Waals surface area contributed by atoms with Gasteiger partial charge in [0.15, 0.2) is 0 Å². The van der Waals surface area contributed by atoms with Crippen LogP contribution in [0, 0.1) is 0 Å². The van der Waals surface area contributed by atoms with Crippen LogP contribution in [0.4, 0.5) is 0 Å². The number of pyridine rings is 1. The monoisotopic (exact) mass is 290 g/mol. The molecule has 21 heavy (non-hydrogen) atoms. The molecule has 1 aromatic rings. The molecule has 5 heteroatoms. The molecular formula is C16H26N4O. The lowest BCUT2D eigenvalue weighted by atomic mass is 10.1. The summed E-state index contributed by atoms with van der Waals surface area (Å²) < 4.78 is 5.13. The van der Waals surface area contributed by atoms with Crippen LogP contribution in [0.2, 0.25) is 0 Å². The summed E-state index contributed by atoms with van der Waals surface area (Å²) in [4.78, 5) is 9.49. The van der Waals surface area contributed by atoms with Crippen LogP contribution in [-0.4, -0.2) is 60.7 Å². The fourth-order valence-electron chi connectivity index (χ4n) is 3.66. The van der Waals surface area contributed by atoms with Gasteiger partial charge in [0.2, 0.25) is 5.88 Å². The summed E-state index contributed by atoms with van der Waals surface area (Å²) in [6.07, 6.45) is 5.89. The summed E-state index contributed by atoms with van der Waals surface area (Å²) in [6.45, 7) is 5.45. The van der Waals surface area contributed by atoms with Crippen LogP contribution in [0.3, 0.4) is 0 Å². The molecule has 0 spiro atoms. The van der Waals surface area contributed by atoms with Crippen LogP contribution in [0.5, 0.6) is 5.88 Å². The molecule has 3 heterocycles. The molecule has 0 radical (unpaired) electrons. The second kappa shape index (κ2) is 6.73. The highest BCUT2D eigenvalue weighted by Gasteiger charge is 2.32. The van der Waals surface area contributed by atoms with Crippen molar-refractivity contribution < 1.29 is 4.74 Å². The molecule has 2 aliphatic heterocycles. The zero-order valence-electron chi connectivity index (χ0n) is 12.9. The maximum Gasteiger partial charge on any atom is 0.212 e. The van der Waals surface area contributed by atoms with E-state index in [9.17, 15) is 0 Å². The first-order valence-electron chi connectivity index (χ1n) is 8.00. The van der Waals surface area contributed by atoms with E-state index in [1.165, 1.54) is 37.9 Å². The molecule has 1 aromatic heterocycles. The Morgan fingerprint density at radius 3 is 2.76 bits per heavy atom. The molecule has 2 unspecified atom stereocenters. The fourth-order valence-corrected chi connectivity index (χ4v) is 3.66. The van der Waals surface area contributed by atoms with Crippen LogP contribution < -0.4 is 10.5 Å². The van der Waals surface area contributed by atoms with Crippen molar-refractivity contribution in [3.8, 4) is 5.88 Å². The number of nitrogens with zero attached hydrogens (tertiary/aromatic N) is 3. The summed E-state index contributed by atoms with van der Waals surface area (Å²) in [5, 5.41) is 0. The van der Waals surface area contributed by atoms with Gasteiger partial charge in [-0.25, -0.2) is 4.98 Å². The van der Waals surface area contributed by atoms with Crippen molar-refractivity contribution in [1.29, 1.82) is 0 Å². The first kappa shape index (κ1) is 14.8. The van der Waals surface area contributed by atoms with Crippen LogP contribution in [0.15, 0.2) is 18.3 Å². The maximum atomic E-state index is 6.04. The fraction of sp³-hybridized carbons (Fsp3) is 0.688. The molecule has 0 bridgehead atoms. The van der Waals surface area contributed by atoms with Gasteiger partial charge >= 0.3 is 0 Å². The Bertz CT molecular complexity index is 444. The number of aromatic nitrogens is 1. The molecule has 0 aromatic carbocycles. The quantitative estimate of drug-likeness (QED) is 0.885. The standard InChI is InChI=1S/C16H26N4O/c1-21-16-5-4-13(11-18-16)15(10-17)20-9-6-14(12-20)19-7-2-3-8-19/h4-5,11,14-15H,2-3,6-10,12,17H2,1H3. The van der Waals surface area contributed by atoms with Crippen molar-refractivity contribution in [2.75, 3.05) is 39.8 Å². The lowest BCUT2D eigenvalue weighted by Gasteiger charge is -2.28. The van der Waals surface area contributed by atoms with Crippen molar-refractivity contribution in [3.63, 3.8) is 0 Å². The van der Waals surface area contributed by atoms with E-state index in [4.69, 9.17) is 10.5 Å². The average Bonchev–Trinajstić information content (AvgIpc) is 3.20. The third-order valence-electron chi connectivity index (χ3n) is 4.87. The number of hydrogen-bond acceptors (Lipinski definition) is 5. The maximum absolute atomic E-state index is 6.04. The number of likely N-dealkylation sites (tertiary alicyclic amines) is 2. The number of ether oxygens (including phenoxy) is 1. The van der Waals surface area contributed by atoms with Crippen molar-refractivity contribution in [2.45, 2.75) is 31.3 Å². The van der Waals surface area contributed by atoms with E-state index in [-0.39, 0.29) is 6.04 Å². The molecule has 2 saturated heterocycles. The van der Waals surface area contributed by atoms with Gasteiger partial charge in [-0.3, -0.25) is 9.80 Å². The lowest BCUT2D eigenvalue weighted by molar-refractivity contribution is 0.202. The Labute approximate surface area is 127 Å². The van der Waals surface area contributed by atoms with E-state index in [2.05, 4.69) is 20.9 Å². The highest BCUT2D eigenvalue weighted by molar-refractivity contribution is 5.21. The average molecular weight is 290 g/mol. The molecule has 5 nitrogen and oxygen atoms in total. The largest absolute Gasteiger partial charge is 0.481 e. The Kier molecular flexibility index (Phi) is 4.73. The summed E-state index contributed by atoms with van der Waals surface area (Å²) in [5.41, 5.74) is 7.23. The zero-order chi connectivity index (χ0) is 14.7. The van der Waals surface area contributed by atoms with Crippen LogP contribution in [0.1, 0.15) is 30.9 Å². The minimum absolute atomic E-state index is 0.274. The van der Waals surface area contributed by atoms with E-state index in [1.54, 1.807) is 7.11 Å². The van der Waals surface area contributed by atoms with Gasteiger partial charge in [-0.15, -0.1) is 0 Å². The third kappa shape index (κ3) is 3.20. The summed E-state index contributed by atoms with van der Waals surface area (Å²) in [5.74, 6) is 0.658. The van der Waals surface area contributed by atoms with Crippen molar-refractivity contribution >= 4 is 0 Å². The van der Waals surface area contributed by atoms with Crippen molar-refractivity contribution in [3.05, 3.63) is 23.9 Å². The Morgan fingerprint density at radius 2 is 2.14 bits per heavy atom. The predicted molar refractivity (Wildman–Crippen MR) is 83.4 cm³/mol. The lowest BCUT2D eigenvalue weighted by Crippen LogP contribution is -2.38.